The Kier molecular flexibility index (Phi) is 4.91. The largest absolute Gasteiger partial charge is 0.0917 e. The van der Waals surface area contributed by atoms with Gasteiger partial charge in [-0.15, -0.1) is 0 Å². The van der Waals surface area contributed by atoms with Gasteiger partial charge >= 0.3 is 0 Å². The van der Waals surface area contributed by atoms with Gasteiger partial charge in [-0.25, -0.2) is 0 Å². The lowest BCUT2D eigenvalue weighted by atomic mass is 10.1. The van der Waals surface area contributed by atoms with Crippen molar-refractivity contribution in [2.75, 3.05) is 0 Å². The molecule has 0 N–H and O–H groups in total. The first-order valence-electron chi connectivity index (χ1n) is 6.18. The van der Waals surface area contributed by atoms with Crippen molar-refractivity contribution in [3.05, 3.63) is 69.1 Å². The van der Waals surface area contributed by atoms with Crippen LogP contribution in [-0.2, 0) is 0 Å². The van der Waals surface area contributed by atoms with E-state index in [2.05, 4.69) is 77.3 Å². The fourth-order valence-electron chi connectivity index (χ4n) is 1.72. The molecule has 0 aliphatic rings. The van der Waals surface area contributed by atoms with Crippen molar-refractivity contribution < 1.29 is 0 Å². The van der Waals surface area contributed by atoms with E-state index >= 15 is 0 Å². The summed E-state index contributed by atoms with van der Waals surface area (Å²) in [7, 11) is 0. The van der Waals surface area contributed by atoms with Gasteiger partial charge in [-0.2, -0.15) is 0 Å². The minimum absolute atomic E-state index is 1.07. The fourth-order valence-corrected chi connectivity index (χ4v) is 1.72. The molecule has 0 unspecified atom stereocenters. The minimum Gasteiger partial charge on any atom is -0.0917 e. The third kappa shape index (κ3) is 4.21. The minimum atomic E-state index is 1.07. The maximum absolute atomic E-state index is 3.93. The van der Waals surface area contributed by atoms with Crippen molar-refractivity contribution >= 4 is 13.2 Å². The van der Waals surface area contributed by atoms with E-state index in [1.807, 2.05) is 0 Å². The SMILES string of the molecule is C=c1cc(C)c(=C)c(C)c1.Cc1ccc(C)cc1. The molecule has 0 aromatic heterocycles. The number of aryl methyl sites for hydroxylation is 4. The van der Waals surface area contributed by atoms with E-state index in [-0.39, 0.29) is 0 Å². The van der Waals surface area contributed by atoms with Crippen molar-refractivity contribution in [2.24, 2.45) is 0 Å². The van der Waals surface area contributed by atoms with E-state index in [9.17, 15) is 0 Å². The van der Waals surface area contributed by atoms with Crippen molar-refractivity contribution in [1.29, 1.82) is 0 Å². The van der Waals surface area contributed by atoms with Crippen LogP contribution in [0.15, 0.2) is 36.4 Å². The van der Waals surface area contributed by atoms with Gasteiger partial charge in [-0.3, -0.25) is 0 Å². The van der Waals surface area contributed by atoms with E-state index < -0.39 is 0 Å². The van der Waals surface area contributed by atoms with Gasteiger partial charge in [-0.1, -0.05) is 60.7 Å². The van der Waals surface area contributed by atoms with Crippen LogP contribution in [0, 0.1) is 27.7 Å². The molecule has 18 heavy (non-hydrogen) atoms. The van der Waals surface area contributed by atoms with Gasteiger partial charge in [0.25, 0.3) is 0 Å². The molecule has 2 aromatic rings. The molecule has 2 aromatic carbocycles. The van der Waals surface area contributed by atoms with Gasteiger partial charge in [0.2, 0.25) is 0 Å². The summed E-state index contributed by atoms with van der Waals surface area (Å²) < 4.78 is 0. The molecule has 0 amide bonds. The summed E-state index contributed by atoms with van der Waals surface area (Å²) in [6.45, 7) is 16.1. The van der Waals surface area contributed by atoms with Crippen LogP contribution in [0.1, 0.15) is 22.3 Å². The molecule has 0 aliphatic heterocycles. The number of rotatable bonds is 0. The summed E-state index contributed by atoms with van der Waals surface area (Å²) in [6, 6.07) is 12.6. The van der Waals surface area contributed by atoms with Gasteiger partial charge in [0.05, 0.1) is 0 Å². The molecule has 0 saturated carbocycles. The fraction of sp³-hybridized carbons (Fsp3) is 0.222. The molecule has 0 radical (unpaired) electrons. The van der Waals surface area contributed by atoms with E-state index in [1.54, 1.807) is 0 Å². The van der Waals surface area contributed by atoms with Crippen molar-refractivity contribution in [3.8, 4) is 0 Å². The maximum Gasteiger partial charge on any atom is -0.0270 e. The molecule has 0 nitrogen and oxygen atoms in total. The van der Waals surface area contributed by atoms with E-state index in [4.69, 9.17) is 0 Å². The predicted octanol–water partition coefficient (Wildman–Crippen LogP) is 3.43. The third-order valence-corrected chi connectivity index (χ3v) is 2.97. The van der Waals surface area contributed by atoms with Crippen LogP contribution in [0.4, 0.5) is 0 Å². The Labute approximate surface area is 110 Å². The first-order chi connectivity index (χ1) is 8.40. The summed E-state index contributed by atoms with van der Waals surface area (Å²) in [4.78, 5) is 0. The van der Waals surface area contributed by atoms with Crippen molar-refractivity contribution in [3.63, 3.8) is 0 Å². The monoisotopic (exact) mass is 238 g/mol. The zero-order valence-corrected chi connectivity index (χ0v) is 11.9. The van der Waals surface area contributed by atoms with Crippen LogP contribution < -0.4 is 10.4 Å². The molecule has 0 bridgehead atoms. The van der Waals surface area contributed by atoms with E-state index in [1.165, 1.54) is 22.3 Å². The van der Waals surface area contributed by atoms with E-state index in [0.717, 1.165) is 10.4 Å². The standard InChI is InChI=1S/C10H12.C8H10/c1-7-5-8(2)10(4)9(3)6-7;1-7-3-5-8(2)6-4-7/h5-6H,1,4H2,2-3H3;3-6H,1-2H3. The van der Waals surface area contributed by atoms with Crippen LogP contribution in [0.5, 0.6) is 0 Å². The first-order valence-corrected chi connectivity index (χ1v) is 6.18. The highest BCUT2D eigenvalue weighted by Crippen LogP contribution is 1.99. The summed E-state index contributed by atoms with van der Waals surface area (Å²) in [5.41, 5.74) is 5.11. The highest BCUT2D eigenvalue weighted by molar-refractivity contribution is 5.29. The van der Waals surface area contributed by atoms with Crippen LogP contribution >= 0.6 is 0 Å². The number of hydrogen-bond acceptors (Lipinski definition) is 0. The summed E-state index contributed by atoms with van der Waals surface area (Å²) >= 11 is 0. The van der Waals surface area contributed by atoms with Crippen molar-refractivity contribution in [1.82, 2.24) is 0 Å². The zero-order chi connectivity index (χ0) is 13.7. The average molecular weight is 238 g/mol. The second-order valence-electron chi connectivity index (χ2n) is 4.86. The maximum atomic E-state index is 3.93. The molecular weight excluding hydrogens is 216 g/mol. The van der Waals surface area contributed by atoms with Gasteiger partial charge < -0.3 is 0 Å². The molecule has 0 heteroatoms. The Morgan fingerprint density at radius 2 is 1.00 bits per heavy atom. The Morgan fingerprint density at radius 3 is 1.33 bits per heavy atom. The molecule has 0 saturated heterocycles. The highest BCUT2D eigenvalue weighted by atomic mass is 13.9. The Hall–Kier alpha value is -1.82. The predicted molar refractivity (Wildman–Crippen MR) is 82.1 cm³/mol. The Balaban J connectivity index is 0.000000184. The normalized spacial score (nSPS) is 9.56. The highest BCUT2D eigenvalue weighted by Gasteiger charge is 1.88. The Bertz CT molecular complexity index is 553. The molecule has 0 spiro atoms. The van der Waals surface area contributed by atoms with Crippen molar-refractivity contribution in [2.45, 2.75) is 27.7 Å². The third-order valence-electron chi connectivity index (χ3n) is 2.97. The summed E-state index contributed by atoms with van der Waals surface area (Å²) in [6.07, 6.45) is 0. The molecular formula is C18H22. The van der Waals surface area contributed by atoms with Gasteiger partial charge in [0, 0.05) is 0 Å². The van der Waals surface area contributed by atoms with Crippen LogP contribution in [0.3, 0.4) is 0 Å². The van der Waals surface area contributed by atoms with Crippen LogP contribution in [0.2, 0.25) is 0 Å². The topological polar surface area (TPSA) is 0 Å². The second-order valence-corrected chi connectivity index (χ2v) is 4.86. The van der Waals surface area contributed by atoms with Crippen LogP contribution in [-0.4, -0.2) is 0 Å². The molecule has 94 valence electrons. The first kappa shape index (κ1) is 14.2. The van der Waals surface area contributed by atoms with Gasteiger partial charge in [0.15, 0.2) is 0 Å². The lowest BCUT2D eigenvalue weighted by molar-refractivity contribution is 1.31. The van der Waals surface area contributed by atoms with Gasteiger partial charge in [0.1, 0.15) is 0 Å². The van der Waals surface area contributed by atoms with E-state index in [0.29, 0.717) is 0 Å². The van der Waals surface area contributed by atoms with Gasteiger partial charge in [-0.05, 0) is 49.3 Å². The molecule has 0 atom stereocenters. The summed E-state index contributed by atoms with van der Waals surface area (Å²) in [5.74, 6) is 0. The Morgan fingerprint density at radius 1 is 0.667 bits per heavy atom. The lowest BCUT2D eigenvalue weighted by Gasteiger charge is -1.96. The molecule has 0 fully saturated rings. The molecule has 0 aliphatic carbocycles. The molecule has 2 rings (SSSR count). The van der Waals surface area contributed by atoms with Crippen LogP contribution in [0.25, 0.3) is 13.2 Å². The number of benzene rings is 2. The lowest BCUT2D eigenvalue weighted by Crippen LogP contribution is -2.13. The second kappa shape index (κ2) is 6.20. The summed E-state index contributed by atoms with van der Waals surface area (Å²) in [5, 5.41) is 2.20. The smallest absolute Gasteiger partial charge is 0.0270 e. The molecule has 0 heterocycles. The zero-order valence-electron chi connectivity index (χ0n) is 11.9. The average Bonchev–Trinajstić information content (AvgIpc) is 2.31. The quantitative estimate of drug-likeness (QED) is 0.659. The number of hydrogen-bond donors (Lipinski definition) is 0.